The van der Waals surface area contributed by atoms with Crippen LogP contribution in [0.15, 0.2) is 77.1 Å². The first kappa shape index (κ1) is 26.1. The monoisotopic (exact) mass is 505 g/mol. The van der Waals surface area contributed by atoms with Crippen molar-refractivity contribution in [3.05, 3.63) is 98.4 Å². The number of likely N-dealkylation sites (tertiary alicyclic amines) is 1. The molecule has 1 saturated heterocycles. The van der Waals surface area contributed by atoms with Crippen molar-refractivity contribution in [3.63, 3.8) is 0 Å². The van der Waals surface area contributed by atoms with Gasteiger partial charge in [0.15, 0.2) is 0 Å². The second-order valence-electron chi connectivity index (χ2n) is 9.35. The zero-order valence-electron chi connectivity index (χ0n) is 21.2. The molecule has 0 aliphatic carbocycles. The average molecular weight is 506 g/mol. The molecule has 2 heterocycles. The molecule has 1 unspecified atom stereocenters. The third-order valence-corrected chi connectivity index (χ3v) is 6.86. The lowest BCUT2D eigenvalue weighted by atomic mass is 9.80. The molecule has 2 aliphatic heterocycles. The summed E-state index contributed by atoms with van der Waals surface area (Å²) in [4.78, 5) is 39.6. The lowest BCUT2D eigenvalue weighted by Gasteiger charge is -2.34. The minimum absolute atomic E-state index is 0.131. The van der Waals surface area contributed by atoms with Gasteiger partial charge in [-0.3, -0.25) is 15.0 Å². The zero-order chi connectivity index (χ0) is 26.5. The number of nitro groups is 1. The zero-order valence-corrected chi connectivity index (χ0v) is 21.2. The molecule has 2 aliphatic rings. The molecular weight excluding hydrogens is 474 g/mol. The summed E-state index contributed by atoms with van der Waals surface area (Å²) in [6.45, 7) is 5.89. The minimum atomic E-state index is -0.862. The Hall–Kier alpha value is -3.98. The number of nitrogens with zero attached hydrogens (tertiary/aromatic N) is 2. The van der Waals surface area contributed by atoms with E-state index in [9.17, 15) is 19.7 Å². The van der Waals surface area contributed by atoms with Crippen LogP contribution < -0.4 is 5.32 Å². The molecule has 0 spiro atoms. The van der Waals surface area contributed by atoms with Crippen LogP contribution in [-0.4, -0.2) is 48.1 Å². The topological polar surface area (TPSA) is 111 Å². The first-order valence-corrected chi connectivity index (χ1v) is 12.3. The first-order valence-electron chi connectivity index (χ1n) is 12.3. The molecule has 2 aromatic rings. The van der Waals surface area contributed by atoms with Gasteiger partial charge in [0, 0.05) is 43.2 Å². The fraction of sp³-hybridized carbons (Fsp3) is 0.357. The number of dihydropyridines is 1. The highest BCUT2D eigenvalue weighted by Crippen LogP contribution is 2.40. The maximum Gasteiger partial charge on any atom is 0.337 e. The van der Waals surface area contributed by atoms with E-state index in [4.69, 9.17) is 9.47 Å². The summed E-state index contributed by atoms with van der Waals surface area (Å²) in [7, 11) is 1.26. The van der Waals surface area contributed by atoms with E-state index in [1.54, 1.807) is 26.0 Å². The van der Waals surface area contributed by atoms with Crippen molar-refractivity contribution < 1.29 is 24.0 Å². The van der Waals surface area contributed by atoms with Crippen LogP contribution in [0.3, 0.4) is 0 Å². The predicted octanol–water partition coefficient (Wildman–Crippen LogP) is 4.21. The van der Waals surface area contributed by atoms with Gasteiger partial charge in [-0.05, 0) is 37.8 Å². The smallest absolute Gasteiger partial charge is 0.337 e. The summed E-state index contributed by atoms with van der Waals surface area (Å²) < 4.78 is 11.0. The standard InChI is InChI=1S/C28H31N3O6/c1-18-24(27(32)36-3)26(21-10-7-11-22(16-21)31(34)35)25(19(2)29-18)28(33)37-23-12-14-30(15-13-23)17-20-8-5-4-6-9-20/h4-11,16,23,26,29H,12-15,17H2,1-3H3. The van der Waals surface area contributed by atoms with Gasteiger partial charge in [-0.15, -0.1) is 0 Å². The highest BCUT2D eigenvalue weighted by molar-refractivity contribution is 6.00. The van der Waals surface area contributed by atoms with Crippen molar-refractivity contribution in [1.29, 1.82) is 0 Å². The summed E-state index contributed by atoms with van der Waals surface area (Å²) in [5, 5.41) is 14.5. The van der Waals surface area contributed by atoms with E-state index < -0.39 is 22.8 Å². The third-order valence-electron chi connectivity index (χ3n) is 6.86. The van der Waals surface area contributed by atoms with Gasteiger partial charge in [-0.2, -0.15) is 0 Å². The Morgan fingerprint density at radius 2 is 1.65 bits per heavy atom. The first-order chi connectivity index (χ1) is 17.8. The number of non-ortho nitro benzene ring substituents is 1. The van der Waals surface area contributed by atoms with Crippen LogP contribution in [0.1, 0.15) is 43.7 Å². The molecular formula is C28H31N3O6. The van der Waals surface area contributed by atoms with Crippen LogP contribution in [0, 0.1) is 10.1 Å². The quantitative estimate of drug-likeness (QED) is 0.338. The number of carbonyl (C=O) groups is 2. The predicted molar refractivity (Wildman–Crippen MR) is 137 cm³/mol. The Labute approximate surface area is 215 Å². The van der Waals surface area contributed by atoms with Gasteiger partial charge in [0.25, 0.3) is 5.69 Å². The van der Waals surface area contributed by atoms with Gasteiger partial charge >= 0.3 is 11.9 Å². The molecule has 0 amide bonds. The normalized spacial score (nSPS) is 18.8. The molecule has 37 heavy (non-hydrogen) atoms. The molecule has 4 rings (SSSR count). The van der Waals surface area contributed by atoms with E-state index in [-0.39, 0.29) is 22.9 Å². The summed E-state index contributed by atoms with van der Waals surface area (Å²) in [6, 6.07) is 16.2. The van der Waals surface area contributed by atoms with Gasteiger partial charge in [0.2, 0.25) is 0 Å². The summed E-state index contributed by atoms with van der Waals surface area (Å²) in [6.07, 6.45) is 1.12. The molecule has 2 aromatic carbocycles. The van der Waals surface area contributed by atoms with Crippen molar-refractivity contribution in [1.82, 2.24) is 10.2 Å². The second kappa shape index (κ2) is 11.4. The summed E-state index contributed by atoms with van der Waals surface area (Å²) in [5.41, 5.74) is 3.08. The molecule has 9 heteroatoms. The van der Waals surface area contributed by atoms with Gasteiger partial charge in [0.05, 0.1) is 29.1 Å². The minimum Gasteiger partial charge on any atom is -0.466 e. The number of hydrogen-bond donors (Lipinski definition) is 1. The van der Waals surface area contributed by atoms with E-state index in [2.05, 4.69) is 22.3 Å². The van der Waals surface area contributed by atoms with Gasteiger partial charge < -0.3 is 14.8 Å². The van der Waals surface area contributed by atoms with Crippen LogP contribution in [0.5, 0.6) is 0 Å². The fourth-order valence-corrected chi connectivity index (χ4v) is 5.04. The number of hydrogen-bond acceptors (Lipinski definition) is 8. The fourth-order valence-electron chi connectivity index (χ4n) is 5.04. The maximum absolute atomic E-state index is 13.6. The maximum atomic E-state index is 13.6. The van der Waals surface area contributed by atoms with Crippen molar-refractivity contribution in [2.45, 2.75) is 45.3 Å². The van der Waals surface area contributed by atoms with Crippen LogP contribution in [-0.2, 0) is 25.6 Å². The Bertz CT molecular complexity index is 1250. The molecule has 1 N–H and O–H groups in total. The largest absolute Gasteiger partial charge is 0.466 e. The van der Waals surface area contributed by atoms with Crippen molar-refractivity contribution >= 4 is 17.6 Å². The lowest BCUT2D eigenvalue weighted by molar-refractivity contribution is -0.384. The third kappa shape index (κ3) is 5.89. The Morgan fingerprint density at radius 1 is 1.00 bits per heavy atom. The molecule has 1 atom stereocenters. The number of rotatable bonds is 7. The Balaban J connectivity index is 1.55. The Morgan fingerprint density at radius 3 is 2.27 bits per heavy atom. The van der Waals surface area contributed by atoms with Crippen molar-refractivity contribution in [2.24, 2.45) is 0 Å². The number of ether oxygens (including phenoxy) is 2. The van der Waals surface area contributed by atoms with Crippen LogP contribution in [0.4, 0.5) is 5.69 Å². The molecule has 0 radical (unpaired) electrons. The van der Waals surface area contributed by atoms with Gasteiger partial charge in [0.1, 0.15) is 6.10 Å². The van der Waals surface area contributed by atoms with Crippen molar-refractivity contribution in [3.8, 4) is 0 Å². The van der Waals surface area contributed by atoms with E-state index in [1.165, 1.54) is 24.8 Å². The molecule has 9 nitrogen and oxygen atoms in total. The van der Waals surface area contributed by atoms with E-state index in [0.29, 0.717) is 29.8 Å². The Kier molecular flexibility index (Phi) is 8.03. The average Bonchev–Trinajstić information content (AvgIpc) is 2.89. The van der Waals surface area contributed by atoms with Crippen LogP contribution in [0.2, 0.25) is 0 Å². The number of carbonyl (C=O) groups excluding carboxylic acids is 2. The summed E-state index contributed by atoms with van der Waals surface area (Å²) >= 11 is 0. The lowest BCUT2D eigenvalue weighted by Crippen LogP contribution is -2.39. The molecule has 0 saturated carbocycles. The van der Waals surface area contributed by atoms with Gasteiger partial charge in [-0.25, -0.2) is 9.59 Å². The highest BCUT2D eigenvalue weighted by atomic mass is 16.6. The molecule has 1 fully saturated rings. The molecule has 0 aromatic heterocycles. The molecule has 0 bridgehead atoms. The number of methoxy groups -OCH3 is 1. The van der Waals surface area contributed by atoms with E-state index in [1.807, 2.05) is 18.2 Å². The van der Waals surface area contributed by atoms with Crippen LogP contribution in [0.25, 0.3) is 0 Å². The number of allylic oxidation sites excluding steroid dienone is 2. The van der Waals surface area contributed by atoms with E-state index in [0.717, 1.165) is 19.6 Å². The molecule has 194 valence electrons. The number of piperidine rings is 1. The SMILES string of the molecule is COC(=O)C1=C(C)NC(C)=C(C(=O)OC2CCN(Cc3ccccc3)CC2)C1c1cccc([N+](=O)[O-])c1. The van der Waals surface area contributed by atoms with E-state index >= 15 is 0 Å². The second-order valence-corrected chi connectivity index (χ2v) is 9.35. The van der Waals surface area contributed by atoms with Gasteiger partial charge in [-0.1, -0.05) is 42.5 Å². The van der Waals surface area contributed by atoms with Crippen molar-refractivity contribution in [2.75, 3.05) is 20.2 Å². The number of benzene rings is 2. The highest BCUT2D eigenvalue weighted by Gasteiger charge is 2.39. The summed E-state index contributed by atoms with van der Waals surface area (Å²) in [5.74, 6) is -2.02. The number of nitrogens with one attached hydrogen (secondary N) is 1. The van der Waals surface area contributed by atoms with Crippen LogP contribution >= 0.6 is 0 Å². The number of esters is 2. The number of nitro benzene ring substituents is 1.